The van der Waals surface area contributed by atoms with E-state index in [2.05, 4.69) is 34.8 Å². The van der Waals surface area contributed by atoms with Gasteiger partial charge in [0.2, 0.25) is 5.91 Å². The van der Waals surface area contributed by atoms with Crippen LogP contribution in [0.25, 0.3) is 0 Å². The molecule has 0 radical (unpaired) electrons. The lowest BCUT2D eigenvalue weighted by Gasteiger charge is -2.30. The predicted octanol–water partition coefficient (Wildman–Crippen LogP) is 1.33. The number of likely N-dealkylation sites (tertiary alicyclic amines) is 1. The molecule has 2 aliphatic heterocycles. The minimum atomic E-state index is 0.193. The first-order valence-corrected chi connectivity index (χ1v) is 8.96. The van der Waals surface area contributed by atoms with Crippen molar-refractivity contribution < 1.29 is 9.53 Å². The van der Waals surface area contributed by atoms with Crippen LogP contribution in [0.5, 0.6) is 0 Å². The summed E-state index contributed by atoms with van der Waals surface area (Å²) in [6, 6.07) is 4.49. The summed E-state index contributed by atoms with van der Waals surface area (Å²) in [4.78, 5) is 18.1. The van der Waals surface area contributed by atoms with Crippen LogP contribution in [-0.4, -0.2) is 68.2 Å². The molecule has 6 heteroatoms. The maximum atomic E-state index is 12.5. The summed E-state index contributed by atoms with van der Waals surface area (Å²) in [5.74, 6) is 0.208. The molecular formula is C16H25N3O2S. The summed E-state index contributed by atoms with van der Waals surface area (Å²) < 4.78 is 5.71. The highest BCUT2D eigenvalue weighted by Gasteiger charge is 2.30. The Bertz CT molecular complexity index is 480. The Balaban J connectivity index is 1.45. The number of amides is 1. The zero-order chi connectivity index (χ0) is 15.4. The number of likely N-dealkylation sites (N-methyl/N-ethyl adjacent to an activating group) is 1. The van der Waals surface area contributed by atoms with E-state index in [-0.39, 0.29) is 18.1 Å². The van der Waals surface area contributed by atoms with Crippen molar-refractivity contribution in [3.63, 3.8) is 0 Å². The minimum absolute atomic E-state index is 0.193. The van der Waals surface area contributed by atoms with Gasteiger partial charge < -0.3 is 19.9 Å². The molecule has 0 aromatic carbocycles. The number of carbonyl (C=O) groups excluding carboxylic acids is 1. The number of morpholine rings is 1. The first-order chi connectivity index (χ1) is 10.7. The van der Waals surface area contributed by atoms with Gasteiger partial charge in [-0.2, -0.15) is 0 Å². The lowest BCUT2D eigenvalue weighted by molar-refractivity contribution is -0.131. The molecule has 1 aromatic heterocycles. The second-order valence-electron chi connectivity index (χ2n) is 6.15. The van der Waals surface area contributed by atoms with Gasteiger partial charge in [-0.3, -0.25) is 4.79 Å². The van der Waals surface area contributed by atoms with Crippen molar-refractivity contribution in [2.24, 2.45) is 0 Å². The highest BCUT2D eigenvalue weighted by molar-refractivity contribution is 7.10. The molecular weight excluding hydrogens is 298 g/mol. The number of nitrogens with zero attached hydrogens (tertiary/aromatic N) is 2. The molecule has 2 aliphatic rings. The monoisotopic (exact) mass is 323 g/mol. The molecule has 0 spiro atoms. The van der Waals surface area contributed by atoms with E-state index in [1.54, 1.807) is 11.3 Å². The molecule has 0 aliphatic carbocycles. The minimum Gasteiger partial charge on any atom is -0.374 e. The lowest BCUT2D eigenvalue weighted by atomic mass is 10.2. The summed E-state index contributed by atoms with van der Waals surface area (Å²) in [7, 11) is 2.11. The molecule has 1 aromatic rings. The van der Waals surface area contributed by atoms with Crippen molar-refractivity contribution in [3.05, 3.63) is 22.4 Å². The molecule has 2 saturated heterocycles. The quantitative estimate of drug-likeness (QED) is 0.888. The third-order valence-electron chi connectivity index (χ3n) is 4.43. The van der Waals surface area contributed by atoms with E-state index in [0.717, 1.165) is 45.6 Å². The van der Waals surface area contributed by atoms with Crippen LogP contribution in [0.2, 0.25) is 0 Å². The Morgan fingerprint density at radius 3 is 3.18 bits per heavy atom. The van der Waals surface area contributed by atoms with E-state index in [9.17, 15) is 4.79 Å². The van der Waals surface area contributed by atoms with Gasteiger partial charge in [0.25, 0.3) is 0 Å². The second kappa shape index (κ2) is 7.55. The Morgan fingerprint density at radius 2 is 2.41 bits per heavy atom. The summed E-state index contributed by atoms with van der Waals surface area (Å²) in [6.07, 6.45) is 2.38. The van der Waals surface area contributed by atoms with Gasteiger partial charge in [-0.25, -0.2) is 0 Å². The van der Waals surface area contributed by atoms with E-state index in [1.165, 1.54) is 4.88 Å². The molecule has 3 heterocycles. The molecule has 2 unspecified atom stereocenters. The fraction of sp³-hybridized carbons (Fsp3) is 0.688. The van der Waals surface area contributed by atoms with Crippen molar-refractivity contribution >= 4 is 17.2 Å². The molecule has 2 atom stereocenters. The number of hydrogen-bond acceptors (Lipinski definition) is 5. The smallest absolute Gasteiger partial charge is 0.237 e. The number of hydrogen-bond donors (Lipinski definition) is 1. The third-order valence-corrected chi connectivity index (χ3v) is 5.41. The summed E-state index contributed by atoms with van der Waals surface area (Å²) in [5.41, 5.74) is 0. The van der Waals surface area contributed by atoms with Crippen LogP contribution in [0.3, 0.4) is 0 Å². The van der Waals surface area contributed by atoms with E-state index in [4.69, 9.17) is 4.74 Å². The second-order valence-corrected chi connectivity index (χ2v) is 7.13. The van der Waals surface area contributed by atoms with E-state index < -0.39 is 0 Å². The van der Waals surface area contributed by atoms with Gasteiger partial charge in [0.05, 0.1) is 25.3 Å². The molecule has 5 nitrogen and oxygen atoms in total. The first-order valence-electron chi connectivity index (χ1n) is 8.08. The normalized spacial score (nSPS) is 26.5. The maximum absolute atomic E-state index is 12.5. The van der Waals surface area contributed by atoms with Crippen LogP contribution in [0, 0.1) is 0 Å². The Labute approximate surface area is 136 Å². The van der Waals surface area contributed by atoms with Crippen molar-refractivity contribution in [2.75, 3.05) is 46.4 Å². The number of nitrogens with one attached hydrogen (secondary N) is 1. The first kappa shape index (κ1) is 15.9. The topological polar surface area (TPSA) is 44.8 Å². The molecule has 1 amide bonds. The number of carbonyl (C=O) groups is 1. The largest absolute Gasteiger partial charge is 0.374 e. The predicted molar refractivity (Wildman–Crippen MR) is 88.1 cm³/mol. The average Bonchev–Trinajstić information content (AvgIpc) is 3.18. The van der Waals surface area contributed by atoms with Crippen molar-refractivity contribution in [1.82, 2.24) is 15.1 Å². The van der Waals surface area contributed by atoms with Gasteiger partial charge in [0.1, 0.15) is 0 Å². The molecule has 0 bridgehead atoms. The zero-order valence-corrected chi connectivity index (χ0v) is 14.0. The SMILES string of the molecule is CN1CCOC(CNCC(=O)N2CCCC2c2cccs2)C1. The van der Waals surface area contributed by atoms with Crippen LogP contribution >= 0.6 is 11.3 Å². The van der Waals surface area contributed by atoms with Gasteiger partial charge in [-0.05, 0) is 31.3 Å². The Morgan fingerprint density at radius 1 is 1.50 bits per heavy atom. The number of rotatable bonds is 5. The molecule has 1 N–H and O–H groups in total. The van der Waals surface area contributed by atoms with Crippen LogP contribution in [0.4, 0.5) is 0 Å². The van der Waals surface area contributed by atoms with Crippen LogP contribution in [-0.2, 0) is 9.53 Å². The van der Waals surface area contributed by atoms with E-state index >= 15 is 0 Å². The molecule has 3 rings (SSSR count). The van der Waals surface area contributed by atoms with Crippen molar-refractivity contribution in [2.45, 2.75) is 25.0 Å². The average molecular weight is 323 g/mol. The molecule has 0 saturated carbocycles. The van der Waals surface area contributed by atoms with Gasteiger partial charge in [0.15, 0.2) is 0 Å². The molecule has 122 valence electrons. The van der Waals surface area contributed by atoms with Crippen molar-refractivity contribution in [1.29, 1.82) is 0 Å². The van der Waals surface area contributed by atoms with Crippen molar-refractivity contribution in [3.8, 4) is 0 Å². The standard InChI is InChI=1S/C16H25N3O2S/c1-18-7-8-21-13(12-18)10-17-11-16(20)19-6-2-4-14(19)15-5-3-9-22-15/h3,5,9,13-14,17H,2,4,6-8,10-12H2,1H3. The lowest BCUT2D eigenvalue weighted by Crippen LogP contribution is -2.46. The highest BCUT2D eigenvalue weighted by Crippen LogP contribution is 2.34. The Hall–Kier alpha value is -0.950. The van der Waals surface area contributed by atoms with Gasteiger partial charge in [0, 0.05) is 31.1 Å². The number of thiophene rings is 1. The van der Waals surface area contributed by atoms with Gasteiger partial charge >= 0.3 is 0 Å². The molecule has 22 heavy (non-hydrogen) atoms. The van der Waals surface area contributed by atoms with E-state index in [1.807, 2.05) is 4.90 Å². The summed E-state index contributed by atoms with van der Waals surface area (Å²) in [5, 5.41) is 5.37. The highest BCUT2D eigenvalue weighted by atomic mass is 32.1. The maximum Gasteiger partial charge on any atom is 0.237 e. The van der Waals surface area contributed by atoms with Crippen LogP contribution in [0.15, 0.2) is 17.5 Å². The summed E-state index contributed by atoms with van der Waals surface area (Å²) >= 11 is 1.75. The van der Waals surface area contributed by atoms with E-state index in [0.29, 0.717) is 6.54 Å². The number of ether oxygens (including phenoxy) is 1. The Kier molecular flexibility index (Phi) is 5.46. The van der Waals surface area contributed by atoms with Gasteiger partial charge in [-0.1, -0.05) is 6.07 Å². The third kappa shape index (κ3) is 3.87. The fourth-order valence-corrected chi connectivity index (χ4v) is 4.15. The van der Waals surface area contributed by atoms with Crippen LogP contribution < -0.4 is 5.32 Å². The summed E-state index contributed by atoms with van der Waals surface area (Å²) in [6.45, 7) is 4.74. The van der Waals surface area contributed by atoms with Crippen LogP contribution in [0.1, 0.15) is 23.8 Å². The zero-order valence-electron chi connectivity index (χ0n) is 13.2. The fourth-order valence-electron chi connectivity index (χ4n) is 3.27. The van der Waals surface area contributed by atoms with Gasteiger partial charge in [-0.15, -0.1) is 11.3 Å². The molecule has 2 fully saturated rings.